The minimum absolute atomic E-state index is 0.0193. The Hall–Kier alpha value is -1.06. The Kier molecular flexibility index (Phi) is 5.29. The van der Waals surface area contributed by atoms with E-state index < -0.39 is 0 Å². The Bertz CT molecular complexity index is 227. The summed E-state index contributed by atoms with van der Waals surface area (Å²) in [6.07, 6.45) is 5.51. The van der Waals surface area contributed by atoms with Crippen molar-refractivity contribution < 1.29 is 9.59 Å². The van der Waals surface area contributed by atoms with Crippen molar-refractivity contribution >= 4 is 11.8 Å². The highest BCUT2D eigenvalue weighted by atomic mass is 16.2. The van der Waals surface area contributed by atoms with E-state index in [1.165, 1.54) is 0 Å². The Balaban J connectivity index is 2.43. The molecule has 0 unspecified atom stereocenters. The Morgan fingerprint density at radius 1 is 0.875 bits per heavy atom. The summed E-state index contributed by atoms with van der Waals surface area (Å²) in [6, 6.07) is -0.629. The van der Waals surface area contributed by atoms with Gasteiger partial charge in [0.2, 0.25) is 11.8 Å². The smallest absolute Gasteiger partial charge is 0.243 e. The summed E-state index contributed by atoms with van der Waals surface area (Å²) < 4.78 is 0. The van der Waals surface area contributed by atoms with Crippen LogP contribution in [0.2, 0.25) is 0 Å². The highest BCUT2D eigenvalue weighted by molar-refractivity contribution is 5.96. The topological polar surface area (TPSA) is 58.2 Å². The standard InChI is InChI=1S/C12H22N2O2/c1-3-5-7-9-11(15)14-10(8-6-4-2)12(16)13-9/h9-10H,3-8H2,1-2H3,(H,13,16)(H,14,15)/t9-,10-/m0/s1. The van der Waals surface area contributed by atoms with E-state index in [-0.39, 0.29) is 23.9 Å². The van der Waals surface area contributed by atoms with Gasteiger partial charge in [-0.3, -0.25) is 9.59 Å². The molecule has 0 bridgehead atoms. The predicted octanol–water partition coefficient (Wildman–Crippen LogP) is 1.35. The van der Waals surface area contributed by atoms with Crippen molar-refractivity contribution in [2.75, 3.05) is 0 Å². The number of unbranched alkanes of at least 4 members (excludes halogenated alkanes) is 2. The molecule has 2 N–H and O–H groups in total. The molecule has 0 aromatic carbocycles. The molecule has 1 aliphatic heterocycles. The fourth-order valence-corrected chi connectivity index (χ4v) is 1.90. The molecule has 1 heterocycles. The molecule has 0 aromatic rings. The molecule has 1 fully saturated rings. The molecular formula is C12H22N2O2. The van der Waals surface area contributed by atoms with Gasteiger partial charge in [0.05, 0.1) is 0 Å². The first-order valence-electron chi connectivity index (χ1n) is 6.29. The maximum absolute atomic E-state index is 11.7. The molecule has 16 heavy (non-hydrogen) atoms. The fourth-order valence-electron chi connectivity index (χ4n) is 1.90. The molecule has 1 saturated heterocycles. The SMILES string of the molecule is CCCC[C@@H]1NC(=O)[C@H](CCCC)NC1=O. The number of carbonyl (C=O) groups excluding carboxylic acids is 2. The normalized spacial score (nSPS) is 25.1. The van der Waals surface area contributed by atoms with Gasteiger partial charge in [-0.05, 0) is 12.8 Å². The number of amides is 2. The predicted molar refractivity (Wildman–Crippen MR) is 62.9 cm³/mol. The van der Waals surface area contributed by atoms with E-state index in [1.54, 1.807) is 0 Å². The summed E-state index contributed by atoms with van der Waals surface area (Å²) in [4.78, 5) is 23.4. The van der Waals surface area contributed by atoms with Gasteiger partial charge in [-0.1, -0.05) is 39.5 Å². The lowest BCUT2D eigenvalue weighted by Gasteiger charge is -2.29. The van der Waals surface area contributed by atoms with Gasteiger partial charge in [0.15, 0.2) is 0 Å². The molecule has 4 nitrogen and oxygen atoms in total. The highest BCUT2D eigenvalue weighted by Gasteiger charge is 2.32. The lowest BCUT2D eigenvalue weighted by molar-refractivity contribution is -0.137. The highest BCUT2D eigenvalue weighted by Crippen LogP contribution is 2.09. The van der Waals surface area contributed by atoms with Crippen molar-refractivity contribution in [1.29, 1.82) is 0 Å². The molecule has 0 spiro atoms. The third kappa shape index (κ3) is 3.51. The second-order valence-electron chi connectivity index (χ2n) is 4.41. The van der Waals surface area contributed by atoms with Gasteiger partial charge in [-0.15, -0.1) is 0 Å². The molecule has 0 aliphatic carbocycles. The van der Waals surface area contributed by atoms with E-state index in [4.69, 9.17) is 0 Å². The zero-order valence-corrected chi connectivity index (χ0v) is 10.2. The summed E-state index contributed by atoms with van der Waals surface area (Å²) in [6.45, 7) is 4.15. The third-order valence-electron chi connectivity index (χ3n) is 2.96. The Labute approximate surface area is 97.2 Å². The van der Waals surface area contributed by atoms with Crippen LogP contribution in [0.5, 0.6) is 0 Å². The maximum atomic E-state index is 11.7. The lowest BCUT2D eigenvalue weighted by atomic mass is 10.0. The number of nitrogens with one attached hydrogen (secondary N) is 2. The molecular weight excluding hydrogens is 204 g/mol. The molecule has 4 heteroatoms. The van der Waals surface area contributed by atoms with Crippen molar-refractivity contribution in [1.82, 2.24) is 10.6 Å². The molecule has 0 radical (unpaired) electrons. The summed E-state index contributed by atoms with van der Waals surface area (Å²) in [5.41, 5.74) is 0. The van der Waals surface area contributed by atoms with Crippen LogP contribution in [0.4, 0.5) is 0 Å². The molecule has 2 atom stereocenters. The van der Waals surface area contributed by atoms with Crippen LogP contribution in [-0.4, -0.2) is 23.9 Å². The van der Waals surface area contributed by atoms with Crippen LogP contribution in [0.25, 0.3) is 0 Å². The molecule has 0 aromatic heterocycles. The molecule has 2 amide bonds. The second kappa shape index (κ2) is 6.51. The first kappa shape index (κ1) is 13.0. The molecule has 1 aliphatic rings. The largest absolute Gasteiger partial charge is 0.343 e. The first-order chi connectivity index (χ1) is 7.69. The molecule has 1 rings (SSSR count). The number of carbonyl (C=O) groups is 2. The summed E-state index contributed by atoms with van der Waals surface area (Å²) in [5.74, 6) is -0.0386. The van der Waals surface area contributed by atoms with Crippen LogP contribution in [-0.2, 0) is 9.59 Å². The maximum Gasteiger partial charge on any atom is 0.243 e. The summed E-state index contributed by atoms with van der Waals surface area (Å²) in [5, 5.41) is 5.62. The summed E-state index contributed by atoms with van der Waals surface area (Å²) >= 11 is 0. The first-order valence-corrected chi connectivity index (χ1v) is 6.29. The number of piperazine rings is 1. The number of hydrogen-bond acceptors (Lipinski definition) is 2. The van der Waals surface area contributed by atoms with Crippen molar-refractivity contribution in [2.24, 2.45) is 0 Å². The quantitative estimate of drug-likeness (QED) is 0.718. The van der Waals surface area contributed by atoms with E-state index in [2.05, 4.69) is 24.5 Å². The summed E-state index contributed by atoms with van der Waals surface area (Å²) in [7, 11) is 0. The van der Waals surface area contributed by atoms with E-state index in [9.17, 15) is 9.59 Å². The lowest BCUT2D eigenvalue weighted by Crippen LogP contribution is -2.61. The van der Waals surface area contributed by atoms with Crippen molar-refractivity contribution in [3.63, 3.8) is 0 Å². The zero-order chi connectivity index (χ0) is 12.0. The third-order valence-corrected chi connectivity index (χ3v) is 2.96. The fraction of sp³-hybridized carbons (Fsp3) is 0.833. The van der Waals surface area contributed by atoms with Gasteiger partial charge in [0, 0.05) is 0 Å². The van der Waals surface area contributed by atoms with Crippen LogP contribution in [0, 0.1) is 0 Å². The van der Waals surface area contributed by atoms with Gasteiger partial charge in [0.25, 0.3) is 0 Å². The van der Waals surface area contributed by atoms with Crippen molar-refractivity contribution in [2.45, 2.75) is 64.5 Å². The van der Waals surface area contributed by atoms with E-state index in [0.717, 1.165) is 38.5 Å². The zero-order valence-electron chi connectivity index (χ0n) is 10.2. The van der Waals surface area contributed by atoms with Crippen molar-refractivity contribution in [3.8, 4) is 0 Å². The van der Waals surface area contributed by atoms with Gasteiger partial charge in [-0.2, -0.15) is 0 Å². The van der Waals surface area contributed by atoms with Gasteiger partial charge < -0.3 is 10.6 Å². The van der Waals surface area contributed by atoms with E-state index in [1.807, 2.05) is 0 Å². The van der Waals surface area contributed by atoms with Gasteiger partial charge in [0.1, 0.15) is 12.1 Å². The average molecular weight is 226 g/mol. The monoisotopic (exact) mass is 226 g/mol. The van der Waals surface area contributed by atoms with Crippen LogP contribution in [0.3, 0.4) is 0 Å². The van der Waals surface area contributed by atoms with Crippen LogP contribution in [0.1, 0.15) is 52.4 Å². The van der Waals surface area contributed by atoms with Crippen LogP contribution >= 0.6 is 0 Å². The number of rotatable bonds is 6. The molecule has 0 saturated carbocycles. The Morgan fingerprint density at radius 2 is 1.25 bits per heavy atom. The average Bonchev–Trinajstić information content (AvgIpc) is 2.28. The Morgan fingerprint density at radius 3 is 1.56 bits per heavy atom. The minimum atomic E-state index is -0.315. The molecule has 92 valence electrons. The van der Waals surface area contributed by atoms with E-state index >= 15 is 0 Å². The van der Waals surface area contributed by atoms with Crippen molar-refractivity contribution in [3.05, 3.63) is 0 Å². The van der Waals surface area contributed by atoms with Gasteiger partial charge in [-0.25, -0.2) is 0 Å². The minimum Gasteiger partial charge on any atom is -0.343 e. The van der Waals surface area contributed by atoms with Crippen LogP contribution in [0.15, 0.2) is 0 Å². The van der Waals surface area contributed by atoms with Crippen LogP contribution < -0.4 is 10.6 Å². The second-order valence-corrected chi connectivity index (χ2v) is 4.41. The van der Waals surface area contributed by atoms with Gasteiger partial charge >= 0.3 is 0 Å². The van der Waals surface area contributed by atoms with E-state index in [0.29, 0.717) is 0 Å². The number of hydrogen-bond donors (Lipinski definition) is 2.